The molecule has 2 aromatic rings. The van der Waals surface area contributed by atoms with E-state index in [1.54, 1.807) is 0 Å². The summed E-state index contributed by atoms with van der Waals surface area (Å²) < 4.78 is 1.87. The monoisotopic (exact) mass is 283 g/mol. The van der Waals surface area contributed by atoms with E-state index in [-0.39, 0.29) is 11.8 Å². The molecule has 1 amide bonds. The van der Waals surface area contributed by atoms with Gasteiger partial charge < -0.3 is 5.32 Å². The number of nitrogens with zero attached hydrogens (tertiary/aromatic N) is 2. The van der Waals surface area contributed by atoms with Crippen molar-refractivity contribution in [1.82, 2.24) is 15.1 Å². The fourth-order valence-electron chi connectivity index (χ4n) is 2.93. The van der Waals surface area contributed by atoms with Crippen molar-refractivity contribution in [2.45, 2.75) is 32.7 Å². The van der Waals surface area contributed by atoms with Crippen LogP contribution < -0.4 is 5.32 Å². The summed E-state index contributed by atoms with van der Waals surface area (Å²) in [7, 11) is 1.94. The van der Waals surface area contributed by atoms with Crippen LogP contribution in [0.2, 0.25) is 0 Å². The lowest BCUT2D eigenvalue weighted by Crippen LogP contribution is -2.30. The van der Waals surface area contributed by atoms with Crippen LogP contribution in [0.25, 0.3) is 10.9 Å². The van der Waals surface area contributed by atoms with E-state index in [1.165, 1.54) is 5.56 Å². The van der Waals surface area contributed by atoms with Crippen molar-refractivity contribution in [1.29, 1.82) is 0 Å². The summed E-state index contributed by atoms with van der Waals surface area (Å²) in [5.74, 6) is 0.262. The highest BCUT2D eigenvalue weighted by atomic mass is 16.1. The van der Waals surface area contributed by atoms with E-state index in [1.807, 2.05) is 11.7 Å². The van der Waals surface area contributed by atoms with Crippen molar-refractivity contribution >= 4 is 16.8 Å². The van der Waals surface area contributed by atoms with Crippen molar-refractivity contribution in [3.8, 4) is 0 Å². The quantitative estimate of drug-likeness (QED) is 0.880. The van der Waals surface area contributed by atoms with Gasteiger partial charge in [0.1, 0.15) is 0 Å². The maximum absolute atomic E-state index is 12.2. The molecule has 4 heteroatoms. The summed E-state index contributed by atoms with van der Waals surface area (Å²) in [5.41, 5.74) is 3.25. The SMILES string of the molecule is Cc1ccc2c(c1)c(CNC(=O)C1CC=CCC1)nn2C. The van der Waals surface area contributed by atoms with Gasteiger partial charge in [0, 0.05) is 18.4 Å². The Labute approximate surface area is 124 Å². The predicted octanol–water partition coefficient (Wildman–Crippen LogP) is 2.85. The Morgan fingerprint density at radius 2 is 2.29 bits per heavy atom. The molecule has 1 aliphatic rings. The van der Waals surface area contributed by atoms with Crippen LogP contribution in [0, 0.1) is 12.8 Å². The van der Waals surface area contributed by atoms with Crippen LogP contribution in [0.4, 0.5) is 0 Å². The van der Waals surface area contributed by atoms with Gasteiger partial charge >= 0.3 is 0 Å². The van der Waals surface area contributed by atoms with Crippen LogP contribution in [0.1, 0.15) is 30.5 Å². The number of allylic oxidation sites excluding steroid dienone is 2. The Balaban J connectivity index is 1.74. The lowest BCUT2D eigenvalue weighted by Gasteiger charge is -2.16. The number of aromatic nitrogens is 2. The largest absolute Gasteiger partial charge is 0.350 e. The van der Waals surface area contributed by atoms with Gasteiger partial charge in [-0.05, 0) is 38.3 Å². The standard InChI is InChI=1S/C17H21N3O/c1-12-8-9-16-14(10-12)15(19-20(16)2)11-18-17(21)13-6-4-3-5-7-13/h3-4,8-10,13H,5-7,11H2,1-2H3,(H,18,21). The maximum atomic E-state index is 12.2. The number of aryl methyl sites for hydroxylation is 2. The summed E-state index contributed by atoms with van der Waals surface area (Å²) in [6.45, 7) is 2.57. The molecular formula is C17H21N3O. The number of carbonyl (C=O) groups is 1. The summed E-state index contributed by atoms with van der Waals surface area (Å²) >= 11 is 0. The lowest BCUT2D eigenvalue weighted by molar-refractivity contribution is -0.125. The summed E-state index contributed by atoms with van der Waals surface area (Å²) in [6, 6.07) is 6.29. The van der Waals surface area contributed by atoms with Gasteiger partial charge in [0.25, 0.3) is 0 Å². The normalized spacial score (nSPS) is 18.1. The molecule has 0 saturated carbocycles. The number of hydrogen-bond acceptors (Lipinski definition) is 2. The van der Waals surface area contributed by atoms with Gasteiger partial charge in [-0.1, -0.05) is 23.8 Å². The zero-order chi connectivity index (χ0) is 14.8. The molecule has 21 heavy (non-hydrogen) atoms. The van der Waals surface area contributed by atoms with Crippen LogP contribution in [-0.2, 0) is 18.4 Å². The topological polar surface area (TPSA) is 46.9 Å². The zero-order valence-electron chi connectivity index (χ0n) is 12.6. The second-order valence-corrected chi connectivity index (χ2v) is 5.79. The van der Waals surface area contributed by atoms with Crippen LogP contribution in [0.3, 0.4) is 0 Å². The first-order valence-corrected chi connectivity index (χ1v) is 7.50. The van der Waals surface area contributed by atoms with Crippen molar-refractivity contribution < 1.29 is 4.79 Å². The number of nitrogens with one attached hydrogen (secondary N) is 1. The number of hydrogen-bond donors (Lipinski definition) is 1. The van der Waals surface area contributed by atoms with Crippen molar-refractivity contribution in [2.24, 2.45) is 13.0 Å². The van der Waals surface area contributed by atoms with Crippen LogP contribution >= 0.6 is 0 Å². The van der Waals surface area contributed by atoms with Crippen molar-refractivity contribution in [3.05, 3.63) is 41.6 Å². The summed E-state index contributed by atoms with van der Waals surface area (Å²) in [5, 5.41) is 8.71. The molecule has 1 N–H and O–H groups in total. The van der Waals surface area contributed by atoms with Crippen LogP contribution in [0.5, 0.6) is 0 Å². The molecule has 1 unspecified atom stereocenters. The van der Waals surface area contributed by atoms with Crippen LogP contribution in [-0.4, -0.2) is 15.7 Å². The number of benzene rings is 1. The lowest BCUT2D eigenvalue weighted by atomic mass is 9.94. The van der Waals surface area contributed by atoms with Crippen LogP contribution in [0.15, 0.2) is 30.4 Å². The van der Waals surface area contributed by atoms with E-state index in [9.17, 15) is 4.79 Å². The Kier molecular flexibility index (Phi) is 3.78. The molecule has 0 spiro atoms. The fourth-order valence-corrected chi connectivity index (χ4v) is 2.93. The molecule has 1 aromatic carbocycles. The minimum Gasteiger partial charge on any atom is -0.350 e. The first-order chi connectivity index (χ1) is 10.1. The van der Waals surface area contributed by atoms with E-state index in [0.29, 0.717) is 6.54 Å². The third-order valence-corrected chi connectivity index (χ3v) is 4.15. The summed E-state index contributed by atoms with van der Waals surface area (Å²) in [4.78, 5) is 12.2. The van der Waals surface area contributed by atoms with Crippen molar-refractivity contribution in [3.63, 3.8) is 0 Å². The number of fused-ring (bicyclic) bond motifs is 1. The highest BCUT2D eigenvalue weighted by Gasteiger charge is 2.19. The molecule has 110 valence electrons. The number of carbonyl (C=O) groups excluding carboxylic acids is 1. The fraction of sp³-hybridized carbons (Fsp3) is 0.412. The first-order valence-electron chi connectivity index (χ1n) is 7.50. The molecule has 0 saturated heterocycles. The number of amides is 1. The highest BCUT2D eigenvalue weighted by molar-refractivity contribution is 5.84. The van der Waals surface area contributed by atoms with E-state index >= 15 is 0 Å². The molecule has 1 atom stereocenters. The van der Waals surface area contributed by atoms with Gasteiger partial charge in [0.2, 0.25) is 5.91 Å². The second kappa shape index (κ2) is 5.72. The van der Waals surface area contributed by atoms with E-state index in [0.717, 1.165) is 35.9 Å². The smallest absolute Gasteiger partial charge is 0.223 e. The van der Waals surface area contributed by atoms with E-state index < -0.39 is 0 Å². The predicted molar refractivity (Wildman–Crippen MR) is 83.8 cm³/mol. The third kappa shape index (κ3) is 2.84. The van der Waals surface area contributed by atoms with Gasteiger partial charge in [0.15, 0.2) is 0 Å². The Hall–Kier alpha value is -2.10. The van der Waals surface area contributed by atoms with Gasteiger partial charge in [-0.15, -0.1) is 0 Å². The molecule has 0 radical (unpaired) electrons. The third-order valence-electron chi connectivity index (χ3n) is 4.15. The minimum atomic E-state index is 0.117. The van der Waals surface area contributed by atoms with Gasteiger partial charge in [0.05, 0.1) is 17.8 Å². The molecule has 3 rings (SSSR count). The van der Waals surface area contributed by atoms with Gasteiger partial charge in [-0.2, -0.15) is 5.10 Å². The average Bonchev–Trinajstić information content (AvgIpc) is 2.81. The molecule has 1 heterocycles. The Bertz CT molecular complexity index is 699. The molecule has 1 aliphatic carbocycles. The Morgan fingerprint density at radius 3 is 3.05 bits per heavy atom. The van der Waals surface area contributed by atoms with E-state index in [4.69, 9.17) is 0 Å². The molecule has 0 bridgehead atoms. The Morgan fingerprint density at radius 1 is 1.43 bits per heavy atom. The second-order valence-electron chi connectivity index (χ2n) is 5.79. The zero-order valence-corrected chi connectivity index (χ0v) is 12.6. The minimum absolute atomic E-state index is 0.117. The molecule has 0 aliphatic heterocycles. The average molecular weight is 283 g/mol. The van der Waals surface area contributed by atoms with Gasteiger partial charge in [-0.25, -0.2) is 0 Å². The molecular weight excluding hydrogens is 262 g/mol. The number of rotatable bonds is 3. The van der Waals surface area contributed by atoms with Gasteiger partial charge in [-0.3, -0.25) is 9.48 Å². The summed E-state index contributed by atoms with van der Waals surface area (Å²) in [6.07, 6.45) is 7.06. The molecule has 1 aromatic heterocycles. The van der Waals surface area contributed by atoms with Crippen molar-refractivity contribution in [2.75, 3.05) is 0 Å². The molecule has 4 nitrogen and oxygen atoms in total. The molecule has 0 fully saturated rings. The first kappa shape index (κ1) is 13.9. The highest BCUT2D eigenvalue weighted by Crippen LogP contribution is 2.21. The maximum Gasteiger partial charge on any atom is 0.223 e. The van der Waals surface area contributed by atoms with E-state index in [2.05, 4.69) is 47.7 Å².